The third-order valence-electron chi connectivity index (χ3n) is 5.14. The van der Waals surface area contributed by atoms with E-state index >= 15 is 0 Å². The minimum Gasteiger partial charge on any atom is -0.396 e. The lowest BCUT2D eigenvalue weighted by Crippen LogP contribution is -2.41. The first kappa shape index (κ1) is 11.4. The Morgan fingerprint density at radius 2 is 2.07 bits per heavy atom. The molecule has 88 valence electrons. The van der Waals surface area contributed by atoms with Gasteiger partial charge in [-0.2, -0.15) is 0 Å². The molecule has 0 aromatic carbocycles. The fourth-order valence-corrected chi connectivity index (χ4v) is 4.25. The number of aliphatic hydroxyl groups excluding tert-OH is 2. The highest BCUT2D eigenvalue weighted by Gasteiger charge is 2.51. The summed E-state index contributed by atoms with van der Waals surface area (Å²) in [5, 5.41) is 19.4. The normalized spacial score (nSPS) is 47.6. The molecule has 0 aromatic heterocycles. The van der Waals surface area contributed by atoms with Crippen molar-refractivity contribution in [3.8, 4) is 0 Å². The Kier molecular flexibility index (Phi) is 3.09. The quantitative estimate of drug-likeness (QED) is 0.736. The van der Waals surface area contributed by atoms with Crippen LogP contribution in [0.25, 0.3) is 0 Å². The second kappa shape index (κ2) is 4.06. The van der Waals surface area contributed by atoms with Crippen molar-refractivity contribution in [2.45, 2.75) is 52.1 Å². The van der Waals surface area contributed by atoms with Crippen molar-refractivity contribution < 1.29 is 10.2 Å². The lowest BCUT2D eigenvalue weighted by atomic mass is 9.62. The second-order valence-electron chi connectivity index (χ2n) is 5.92. The predicted molar refractivity (Wildman–Crippen MR) is 60.4 cm³/mol. The molecular formula is C13H24O2. The predicted octanol–water partition coefficient (Wildman–Crippen LogP) is 2.19. The number of rotatable bonds is 2. The lowest BCUT2D eigenvalue weighted by molar-refractivity contribution is -0.0321. The Bertz CT molecular complexity index is 229. The van der Waals surface area contributed by atoms with E-state index in [1.54, 1.807) is 0 Å². The molecule has 2 aliphatic carbocycles. The molecule has 0 bridgehead atoms. The Morgan fingerprint density at radius 1 is 1.33 bits per heavy atom. The van der Waals surface area contributed by atoms with Crippen LogP contribution in [-0.4, -0.2) is 22.9 Å². The Morgan fingerprint density at radius 3 is 2.73 bits per heavy atom. The third-order valence-corrected chi connectivity index (χ3v) is 5.14. The van der Waals surface area contributed by atoms with Crippen molar-refractivity contribution in [1.29, 1.82) is 0 Å². The van der Waals surface area contributed by atoms with Crippen LogP contribution in [0.5, 0.6) is 0 Å². The van der Waals surface area contributed by atoms with Gasteiger partial charge in [-0.05, 0) is 48.9 Å². The molecule has 0 spiro atoms. The van der Waals surface area contributed by atoms with Crippen LogP contribution >= 0.6 is 0 Å². The first-order valence-corrected chi connectivity index (χ1v) is 6.38. The molecule has 0 heterocycles. The van der Waals surface area contributed by atoms with E-state index in [0.717, 1.165) is 19.3 Å². The summed E-state index contributed by atoms with van der Waals surface area (Å²) < 4.78 is 0. The van der Waals surface area contributed by atoms with Gasteiger partial charge < -0.3 is 10.2 Å². The molecule has 0 amide bonds. The number of hydrogen-bond acceptors (Lipinski definition) is 2. The van der Waals surface area contributed by atoms with E-state index in [2.05, 4.69) is 13.8 Å². The van der Waals surface area contributed by atoms with E-state index in [9.17, 15) is 10.2 Å². The molecule has 0 radical (unpaired) electrons. The van der Waals surface area contributed by atoms with Crippen LogP contribution in [0.3, 0.4) is 0 Å². The molecule has 2 N–H and O–H groups in total. The standard InChI is InChI=1S/C13H24O2/c1-9(8-14)10-5-6-11-12(15)4-3-7-13(10,11)2/h9-12,14-15H,3-8H2,1-2H3/t9-,10+,11+,12?,13+/m0/s1. The summed E-state index contributed by atoms with van der Waals surface area (Å²) in [6, 6.07) is 0. The zero-order valence-electron chi connectivity index (χ0n) is 9.95. The Labute approximate surface area is 92.7 Å². The van der Waals surface area contributed by atoms with Crippen molar-refractivity contribution >= 4 is 0 Å². The highest BCUT2D eigenvalue weighted by atomic mass is 16.3. The average Bonchev–Trinajstić information content (AvgIpc) is 2.56. The van der Waals surface area contributed by atoms with Gasteiger partial charge in [0.25, 0.3) is 0 Å². The van der Waals surface area contributed by atoms with Crippen molar-refractivity contribution in [2.24, 2.45) is 23.2 Å². The molecule has 1 unspecified atom stereocenters. The Balaban J connectivity index is 2.17. The van der Waals surface area contributed by atoms with Gasteiger partial charge in [0.1, 0.15) is 0 Å². The molecule has 5 atom stereocenters. The summed E-state index contributed by atoms with van der Waals surface area (Å²) in [5.41, 5.74) is 0.291. The molecule has 2 aliphatic rings. The first-order chi connectivity index (χ1) is 7.09. The monoisotopic (exact) mass is 212 g/mol. The first-order valence-electron chi connectivity index (χ1n) is 6.38. The van der Waals surface area contributed by atoms with Crippen molar-refractivity contribution in [3.63, 3.8) is 0 Å². The highest BCUT2D eigenvalue weighted by Crippen LogP contribution is 2.57. The van der Waals surface area contributed by atoms with E-state index in [1.807, 2.05) is 0 Å². The van der Waals surface area contributed by atoms with E-state index in [0.29, 0.717) is 29.8 Å². The molecule has 0 aromatic rings. The van der Waals surface area contributed by atoms with E-state index in [-0.39, 0.29) is 6.10 Å². The van der Waals surface area contributed by atoms with Gasteiger partial charge in [-0.1, -0.05) is 20.3 Å². The molecule has 2 heteroatoms. The minimum absolute atomic E-state index is 0.0837. The van der Waals surface area contributed by atoms with Crippen LogP contribution in [0.2, 0.25) is 0 Å². The van der Waals surface area contributed by atoms with Gasteiger partial charge in [-0.3, -0.25) is 0 Å². The smallest absolute Gasteiger partial charge is 0.0573 e. The molecule has 0 saturated heterocycles. The summed E-state index contributed by atoms with van der Waals surface area (Å²) in [6.07, 6.45) is 5.65. The van der Waals surface area contributed by atoms with E-state index in [4.69, 9.17) is 0 Å². The zero-order valence-corrected chi connectivity index (χ0v) is 9.95. The van der Waals surface area contributed by atoms with Crippen LogP contribution in [0.4, 0.5) is 0 Å². The van der Waals surface area contributed by atoms with Gasteiger partial charge >= 0.3 is 0 Å². The van der Waals surface area contributed by atoms with Crippen LogP contribution in [-0.2, 0) is 0 Å². The van der Waals surface area contributed by atoms with Crippen LogP contribution in [0.15, 0.2) is 0 Å². The summed E-state index contributed by atoms with van der Waals surface area (Å²) in [7, 11) is 0. The van der Waals surface area contributed by atoms with Gasteiger partial charge in [0.2, 0.25) is 0 Å². The van der Waals surface area contributed by atoms with Crippen LogP contribution < -0.4 is 0 Å². The van der Waals surface area contributed by atoms with Gasteiger partial charge in [-0.15, -0.1) is 0 Å². The SMILES string of the molecule is C[C@@H](CO)[C@H]1CC[C@@H]2C(O)CCC[C@@]21C. The fourth-order valence-electron chi connectivity index (χ4n) is 4.25. The Hall–Kier alpha value is -0.0800. The van der Waals surface area contributed by atoms with Gasteiger partial charge in [0, 0.05) is 6.61 Å². The maximum Gasteiger partial charge on any atom is 0.0573 e. The van der Waals surface area contributed by atoms with Gasteiger partial charge in [0.05, 0.1) is 6.10 Å². The maximum atomic E-state index is 10.1. The largest absolute Gasteiger partial charge is 0.396 e. The minimum atomic E-state index is -0.0837. The van der Waals surface area contributed by atoms with Crippen molar-refractivity contribution in [1.82, 2.24) is 0 Å². The van der Waals surface area contributed by atoms with E-state index in [1.165, 1.54) is 12.8 Å². The van der Waals surface area contributed by atoms with Gasteiger partial charge in [0.15, 0.2) is 0 Å². The van der Waals surface area contributed by atoms with Crippen LogP contribution in [0, 0.1) is 23.2 Å². The summed E-state index contributed by atoms with van der Waals surface area (Å²) in [6.45, 7) is 4.78. The maximum absolute atomic E-state index is 10.1. The molecular weight excluding hydrogens is 188 g/mol. The van der Waals surface area contributed by atoms with Gasteiger partial charge in [-0.25, -0.2) is 0 Å². The molecule has 0 aliphatic heterocycles. The molecule has 2 nitrogen and oxygen atoms in total. The van der Waals surface area contributed by atoms with Crippen molar-refractivity contribution in [3.05, 3.63) is 0 Å². The topological polar surface area (TPSA) is 40.5 Å². The van der Waals surface area contributed by atoms with Crippen LogP contribution in [0.1, 0.15) is 46.0 Å². The molecule has 2 saturated carbocycles. The zero-order chi connectivity index (χ0) is 11.1. The summed E-state index contributed by atoms with van der Waals surface area (Å²) >= 11 is 0. The highest BCUT2D eigenvalue weighted by molar-refractivity contribution is 5.01. The lowest BCUT2D eigenvalue weighted by Gasteiger charge is -2.45. The molecule has 15 heavy (non-hydrogen) atoms. The van der Waals surface area contributed by atoms with E-state index < -0.39 is 0 Å². The second-order valence-corrected chi connectivity index (χ2v) is 5.92. The fraction of sp³-hybridized carbons (Fsp3) is 1.00. The number of aliphatic hydroxyl groups is 2. The number of hydrogen-bond donors (Lipinski definition) is 2. The summed E-state index contributed by atoms with van der Waals surface area (Å²) in [5.74, 6) is 1.50. The third kappa shape index (κ3) is 1.72. The molecule has 2 fully saturated rings. The molecule has 2 rings (SSSR count). The number of fused-ring (bicyclic) bond motifs is 1. The average molecular weight is 212 g/mol. The summed E-state index contributed by atoms with van der Waals surface area (Å²) in [4.78, 5) is 0. The van der Waals surface area contributed by atoms with Crippen molar-refractivity contribution in [2.75, 3.05) is 6.61 Å².